The Hall–Kier alpha value is 0.1000. The molecular formula is C25H38O2S4. The summed E-state index contributed by atoms with van der Waals surface area (Å²) in [6.07, 6.45) is 12.7. The van der Waals surface area contributed by atoms with Gasteiger partial charge in [0.2, 0.25) is 6.29 Å². The van der Waals surface area contributed by atoms with Crippen LogP contribution in [0.15, 0.2) is 28.6 Å². The first kappa shape index (κ1) is 27.3. The van der Waals surface area contributed by atoms with Crippen LogP contribution in [0.4, 0.5) is 0 Å². The maximum absolute atomic E-state index is 5.54. The number of thioether (sulfide) groups is 4. The predicted octanol–water partition coefficient (Wildman–Crippen LogP) is 9.47. The summed E-state index contributed by atoms with van der Waals surface area (Å²) in [5, 5.41) is 2.18. The zero-order chi connectivity index (χ0) is 22.3. The fourth-order valence-electron chi connectivity index (χ4n) is 3.21. The van der Waals surface area contributed by atoms with Gasteiger partial charge in [-0.1, -0.05) is 105 Å². The highest BCUT2D eigenvalue weighted by molar-refractivity contribution is 8.34. The molecule has 0 aromatic heterocycles. The molecule has 6 heteroatoms. The molecule has 0 spiro atoms. The van der Waals surface area contributed by atoms with E-state index in [1.807, 2.05) is 49.1 Å². The van der Waals surface area contributed by atoms with Crippen LogP contribution in [-0.4, -0.2) is 19.5 Å². The quantitative estimate of drug-likeness (QED) is 0.134. The van der Waals surface area contributed by atoms with Crippen molar-refractivity contribution in [2.24, 2.45) is 0 Å². The van der Waals surface area contributed by atoms with Crippen molar-refractivity contribution in [2.75, 3.05) is 13.2 Å². The third kappa shape index (κ3) is 10.3. The van der Waals surface area contributed by atoms with E-state index in [2.05, 4.69) is 31.1 Å². The highest BCUT2D eigenvalue weighted by Gasteiger charge is 2.26. The van der Waals surface area contributed by atoms with E-state index < -0.39 is 6.29 Å². The monoisotopic (exact) mass is 498 g/mol. The van der Waals surface area contributed by atoms with E-state index in [9.17, 15) is 0 Å². The Balaban J connectivity index is 1.96. The second kappa shape index (κ2) is 16.7. The summed E-state index contributed by atoms with van der Waals surface area (Å²) in [5.41, 5.74) is 0. The fraction of sp³-hybridized carbons (Fsp3) is 0.680. The van der Waals surface area contributed by atoms with E-state index in [0.29, 0.717) is 13.2 Å². The summed E-state index contributed by atoms with van der Waals surface area (Å²) in [4.78, 5) is 4.36. The van der Waals surface area contributed by atoms with E-state index in [0.717, 1.165) is 4.91 Å². The van der Waals surface area contributed by atoms with Gasteiger partial charge in [-0.2, -0.15) is 0 Å². The Bertz CT molecular complexity index is 668. The van der Waals surface area contributed by atoms with E-state index >= 15 is 0 Å². The fourth-order valence-corrected chi connectivity index (χ4v) is 8.51. The Morgan fingerprint density at radius 3 is 1.84 bits per heavy atom. The number of allylic oxidation sites excluding steroid dienone is 3. The van der Waals surface area contributed by atoms with Crippen molar-refractivity contribution in [1.82, 2.24) is 0 Å². The molecule has 0 aromatic carbocycles. The van der Waals surface area contributed by atoms with E-state index in [4.69, 9.17) is 9.47 Å². The third-order valence-electron chi connectivity index (χ3n) is 4.85. The SMILES string of the molecule is CCCCCCC1=C(CCCCCC)SC(=C2SC=C(C#CC(OCC)OCC)S2)S1. The summed E-state index contributed by atoms with van der Waals surface area (Å²) >= 11 is 7.69. The molecule has 2 aliphatic rings. The molecule has 0 radical (unpaired) electrons. The summed E-state index contributed by atoms with van der Waals surface area (Å²) in [6, 6.07) is 0. The molecule has 0 saturated carbocycles. The Morgan fingerprint density at radius 1 is 0.742 bits per heavy atom. The number of ether oxygens (including phenoxy) is 2. The van der Waals surface area contributed by atoms with Crippen LogP contribution >= 0.6 is 47.0 Å². The van der Waals surface area contributed by atoms with Gasteiger partial charge in [-0.3, -0.25) is 0 Å². The van der Waals surface area contributed by atoms with Gasteiger partial charge in [0.25, 0.3) is 0 Å². The lowest BCUT2D eigenvalue weighted by atomic mass is 10.1. The van der Waals surface area contributed by atoms with Gasteiger partial charge in [-0.15, -0.1) is 0 Å². The molecule has 0 aliphatic carbocycles. The minimum absolute atomic E-state index is 0.431. The van der Waals surface area contributed by atoms with Crippen LogP contribution < -0.4 is 0 Å². The average Bonchev–Trinajstić information content (AvgIpc) is 3.40. The molecule has 0 atom stereocenters. The second-order valence-electron chi connectivity index (χ2n) is 7.46. The number of hydrogen-bond acceptors (Lipinski definition) is 6. The smallest absolute Gasteiger partial charge is 0.222 e. The van der Waals surface area contributed by atoms with E-state index in [1.54, 1.807) is 21.6 Å². The van der Waals surface area contributed by atoms with Crippen LogP contribution in [0.25, 0.3) is 0 Å². The molecule has 0 unspecified atom stereocenters. The molecule has 2 rings (SSSR count). The van der Waals surface area contributed by atoms with E-state index in [-0.39, 0.29) is 0 Å². The molecule has 174 valence electrons. The molecule has 2 heterocycles. The van der Waals surface area contributed by atoms with Crippen molar-refractivity contribution < 1.29 is 9.47 Å². The zero-order valence-corrected chi connectivity index (χ0v) is 22.9. The van der Waals surface area contributed by atoms with Crippen molar-refractivity contribution in [1.29, 1.82) is 0 Å². The molecule has 0 fully saturated rings. The van der Waals surface area contributed by atoms with Gasteiger partial charge in [0.15, 0.2) is 0 Å². The number of rotatable bonds is 14. The predicted molar refractivity (Wildman–Crippen MR) is 145 cm³/mol. The maximum Gasteiger partial charge on any atom is 0.222 e. The molecule has 0 aromatic rings. The molecule has 2 aliphatic heterocycles. The average molecular weight is 499 g/mol. The normalized spacial score (nSPS) is 16.4. The lowest BCUT2D eigenvalue weighted by Crippen LogP contribution is -2.14. The van der Waals surface area contributed by atoms with Crippen LogP contribution in [0, 0.1) is 11.8 Å². The summed E-state index contributed by atoms with van der Waals surface area (Å²) in [5.74, 6) is 6.39. The highest BCUT2D eigenvalue weighted by atomic mass is 32.2. The maximum atomic E-state index is 5.54. The standard InChI is InChI=1S/C25H38O2S4/c1-5-9-11-13-15-21-22(16-14-12-10-6-2)31-25(30-21)24-28-19-20(29-24)17-18-23(26-7-3)27-8-4/h19,23H,5-16H2,1-4H3. The largest absolute Gasteiger partial charge is 0.342 e. The van der Waals surface area contributed by atoms with Gasteiger partial charge in [0, 0.05) is 23.0 Å². The second-order valence-corrected chi connectivity index (χ2v) is 12.1. The lowest BCUT2D eigenvalue weighted by molar-refractivity contribution is -0.0969. The molecule has 0 bridgehead atoms. The zero-order valence-electron chi connectivity index (χ0n) is 19.6. The van der Waals surface area contributed by atoms with E-state index in [1.165, 1.54) is 72.7 Å². The molecular weight excluding hydrogens is 461 g/mol. The third-order valence-corrected chi connectivity index (χ3v) is 10.5. The Labute approximate surface area is 207 Å². The molecule has 0 amide bonds. The van der Waals surface area contributed by atoms with Crippen molar-refractivity contribution in [3.05, 3.63) is 28.6 Å². The van der Waals surface area contributed by atoms with Gasteiger partial charge < -0.3 is 9.47 Å². The Morgan fingerprint density at radius 2 is 1.32 bits per heavy atom. The minimum Gasteiger partial charge on any atom is -0.342 e. The van der Waals surface area contributed by atoms with Gasteiger partial charge >= 0.3 is 0 Å². The van der Waals surface area contributed by atoms with Crippen molar-refractivity contribution >= 4 is 47.0 Å². The van der Waals surface area contributed by atoms with Crippen LogP contribution in [0.5, 0.6) is 0 Å². The molecule has 31 heavy (non-hydrogen) atoms. The van der Waals surface area contributed by atoms with Gasteiger partial charge in [0.1, 0.15) is 0 Å². The molecule has 0 saturated heterocycles. The number of hydrogen-bond donors (Lipinski definition) is 0. The van der Waals surface area contributed by atoms with Gasteiger partial charge in [-0.05, 0) is 50.9 Å². The first-order valence-electron chi connectivity index (χ1n) is 11.8. The van der Waals surface area contributed by atoms with Crippen molar-refractivity contribution in [3.8, 4) is 11.8 Å². The Kier molecular flexibility index (Phi) is 14.7. The van der Waals surface area contributed by atoms with Crippen LogP contribution in [0.3, 0.4) is 0 Å². The molecule has 2 nitrogen and oxygen atoms in total. The summed E-state index contributed by atoms with van der Waals surface area (Å²) < 4.78 is 13.9. The minimum atomic E-state index is -0.431. The first-order chi connectivity index (χ1) is 15.2. The van der Waals surface area contributed by atoms with Gasteiger partial charge in [-0.25, -0.2) is 0 Å². The summed E-state index contributed by atoms with van der Waals surface area (Å²) in [7, 11) is 0. The van der Waals surface area contributed by atoms with Crippen LogP contribution in [-0.2, 0) is 9.47 Å². The lowest BCUT2D eigenvalue weighted by Gasteiger charge is -2.09. The highest BCUT2D eigenvalue weighted by Crippen LogP contribution is 2.59. The first-order valence-corrected chi connectivity index (χ1v) is 15.2. The van der Waals surface area contributed by atoms with Gasteiger partial charge in [0.05, 0.1) is 13.4 Å². The van der Waals surface area contributed by atoms with Crippen molar-refractivity contribution in [2.45, 2.75) is 98.2 Å². The van der Waals surface area contributed by atoms with Crippen LogP contribution in [0.1, 0.15) is 91.9 Å². The summed E-state index contributed by atoms with van der Waals surface area (Å²) in [6.45, 7) is 9.73. The van der Waals surface area contributed by atoms with Crippen molar-refractivity contribution in [3.63, 3.8) is 0 Å². The topological polar surface area (TPSA) is 18.5 Å². The number of unbranched alkanes of at least 4 members (excludes halogenated alkanes) is 6. The molecule has 0 N–H and O–H groups in total. The van der Waals surface area contributed by atoms with Crippen LogP contribution in [0.2, 0.25) is 0 Å².